The number of aryl methyl sites for hydroxylation is 1. The molecule has 1 aromatic carbocycles. The molecule has 106 valence electrons. The predicted octanol–water partition coefficient (Wildman–Crippen LogP) is 2.31. The molecule has 3 aromatic rings. The monoisotopic (exact) mass is 346 g/mol. The van der Waals surface area contributed by atoms with E-state index in [1.807, 2.05) is 0 Å². The molecule has 0 unspecified atom stereocenters. The third-order valence-corrected chi connectivity index (χ3v) is 3.52. The molecule has 3 rings (SSSR count). The van der Waals surface area contributed by atoms with E-state index in [4.69, 9.17) is 0 Å². The lowest BCUT2D eigenvalue weighted by molar-refractivity contribution is 0.454. The third kappa shape index (κ3) is 2.59. The average molecular weight is 347 g/mol. The number of benzene rings is 1. The fourth-order valence-corrected chi connectivity index (χ4v) is 2.27. The minimum atomic E-state index is -0.412. The molecule has 21 heavy (non-hydrogen) atoms. The van der Waals surface area contributed by atoms with E-state index < -0.39 is 5.56 Å². The van der Waals surface area contributed by atoms with Crippen LogP contribution in [0, 0.1) is 0 Å². The van der Waals surface area contributed by atoms with Gasteiger partial charge in [-0.05, 0) is 23.8 Å². The van der Waals surface area contributed by atoms with Gasteiger partial charge in [0, 0.05) is 17.7 Å². The van der Waals surface area contributed by atoms with Crippen LogP contribution in [0.3, 0.4) is 0 Å². The molecule has 0 bridgehead atoms. The van der Waals surface area contributed by atoms with Gasteiger partial charge in [-0.1, -0.05) is 28.1 Å². The summed E-state index contributed by atoms with van der Waals surface area (Å²) in [7, 11) is 1.76. The Morgan fingerprint density at radius 3 is 2.52 bits per heavy atom. The maximum atomic E-state index is 12.2. The van der Waals surface area contributed by atoms with Gasteiger partial charge in [-0.3, -0.25) is 9.48 Å². The van der Waals surface area contributed by atoms with Crippen LogP contribution in [0.25, 0.3) is 22.6 Å². The molecule has 0 atom stereocenters. The zero-order valence-electron chi connectivity index (χ0n) is 11.0. The lowest BCUT2D eigenvalue weighted by atomic mass is 10.1. The summed E-state index contributed by atoms with van der Waals surface area (Å²) < 4.78 is 2.48. The number of nitrogens with one attached hydrogen (secondary N) is 1. The van der Waals surface area contributed by atoms with Gasteiger partial charge in [0.25, 0.3) is 5.56 Å². The Morgan fingerprint density at radius 1 is 1.24 bits per heavy atom. The largest absolute Gasteiger partial charge is 0.493 e. The molecule has 2 heterocycles. The van der Waals surface area contributed by atoms with Crippen molar-refractivity contribution in [1.29, 1.82) is 0 Å². The van der Waals surface area contributed by atoms with Crippen molar-refractivity contribution in [2.45, 2.75) is 0 Å². The summed E-state index contributed by atoms with van der Waals surface area (Å²) in [6.07, 6.45) is 1.73. The number of halogens is 1. The maximum Gasteiger partial charge on any atom is 0.262 e. The van der Waals surface area contributed by atoms with Gasteiger partial charge in [0.1, 0.15) is 11.3 Å². The van der Waals surface area contributed by atoms with E-state index in [9.17, 15) is 9.90 Å². The molecule has 0 aliphatic rings. The first-order chi connectivity index (χ1) is 10.0. The second kappa shape index (κ2) is 5.17. The number of aromatic hydroxyl groups is 1. The number of aromatic nitrogens is 4. The second-order valence-electron chi connectivity index (χ2n) is 4.49. The van der Waals surface area contributed by atoms with E-state index in [2.05, 4.69) is 31.0 Å². The Labute approximate surface area is 128 Å². The van der Waals surface area contributed by atoms with Crippen molar-refractivity contribution in [2.75, 3.05) is 0 Å². The smallest absolute Gasteiger partial charge is 0.262 e. The van der Waals surface area contributed by atoms with E-state index >= 15 is 0 Å². The Bertz CT molecular complexity index is 852. The van der Waals surface area contributed by atoms with Gasteiger partial charge in [0.15, 0.2) is 5.82 Å². The number of H-pyrrole nitrogens is 1. The van der Waals surface area contributed by atoms with Crippen LogP contribution in [0.4, 0.5) is 0 Å². The van der Waals surface area contributed by atoms with Crippen LogP contribution in [0.15, 0.2) is 45.8 Å². The van der Waals surface area contributed by atoms with Gasteiger partial charge >= 0.3 is 0 Å². The molecule has 0 saturated heterocycles. The van der Waals surface area contributed by atoms with Crippen LogP contribution >= 0.6 is 15.9 Å². The molecular formula is C14H11BrN4O2. The fourth-order valence-electron chi connectivity index (χ4n) is 2.00. The van der Waals surface area contributed by atoms with Crippen LogP contribution in [-0.2, 0) is 7.05 Å². The van der Waals surface area contributed by atoms with Gasteiger partial charge in [-0.15, -0.1) is 0 Å². The minimum Gasteiger partial charge on any atom is -0.493 e. The molecule has 0 fully saturated rings. The van der Waals surface area contributed by atoms with Crippen LogP contribution in [0.1, 0.15) is 0 Å². The molecule has 6 nitrogen and oxygen atoms in total. The molecule has 7 heteroatoms. The summed E-state index contributed by atoms with van der Waals surface area (Å²) >= 11 is 3.32. The van der Waals surface area contributed by atoms with Crippen molar-refractivity contribution in [3.8, 4) is 28.5 Å². The zero-order valence-corrected chi connectivity index (χ0v) is 12.6. The molecule has 0 saturated carbocycles. The Morgan fingerprint density at radius 2 is 1.95 bits per heavy atom. The quantitative estimate of drug-likeness (QED) is 0.745. The Kier molecular flexibility index (Phi) is 3.34. The fraction of sp³-hybridized carbons (Fsp3) is 0.0714. The van der Waals surface area contributed by atoms with Crippen molar-refractivity contribution in [3.05, 3.63) is 51.4 Å². The van der Waals surface area contributed by atoms with Crippen molar-refractivity contribution < 1.29 is 5.11 Å². The van der Waals surface area contributed by atoms with E-state index in [0.717, 1.165) is 4.47 Å². The highest BCUT2D eigenvalue weighted by Crippen LogP contribution is 2.26. The molecule has 0 radical (unpaired) electrons. The summed E-state index contributed by atoms with van der Waals surface area (Å²) in [6.45, 7) is 0. The van der Waals surface area contributed by atoms with Crippen LogP contribution in [0.2, 0.25) is 0 Å². The number of aromatic amines is 1. The Hall–Kier alpha value is -2.41. The SMILES string of the molecule is Cn1ccc(-c2nc(O)c(-c3ccc(Br)cc3)c(=O)[nH]2)n1. The third-order valence-electron chi connectivity index (χ3n) is 2.99. The summed E-state index contributed by atoms with van der Waals surface area (Å²) in [5.41, 5.74) is 0.817. The standard InChI is InChI=1S/C14H11BrN4O2/c1-19-7-6-10(18-19)12-16-13(20)11(14(21)17-12)8-2-4-9(15)5-3-8/h2-7H,1H3,(H2,16,17,20,21). The van der Waals surface area contributed by atoms with E-state index in [0.29, 0.717) is 11.3 Å². The highest BCUT2D eigenvalue weighted by atomic mass is 79.9. The van der Waals surface area contributed by atoms with Gasteiger partial charge in [-0.2, -0.15) is 10.1 Å². The second-order valence-corrected chi connectivity index (χ2v) is 5.41. The molecule has 2 N–H and O–H groups in total. The summed E-state index contributed by atoms with van der Waals surface area (Å²) in [6, 6.07) is 8.76. The molecule has 2 aromatic heterocycles. The van der Waals surface area contributed by atoms with Gasteiger partial charge in [-0.25, -0.2) is 0 Å². The van der Waals surface area contributed by atoms with Crippen molar-refractivity contribution in [3.63, 3.8) is 0 Å². The van der Waals surface area contributed by atoms with Crippen LogP contribution in [0.5, 0.6) is 5.88 Å². The van der Waals surface area contributed by atoms with E-state index in [-0.39, 0.29) is 17.3 Å². The Balaban J connectivity index is 2.12. The lowest BCUT2D eigenvalue weighted by Gasteiger charge is -2.05. The normalized spacial score (nSPS) is 10.8. The number of rotatable bonds is 2. The number of hydrogen-bond acceptors (Lipinski definition) is 4. The van der Waals surface area contributed by atoms with Gasteiger partial charge in [0.05, 0.1) is 0 Å². The van der Waals surface area contributed by atoms with Gasteiger partial charge < -0.3 is 10.1 Å². The predicted molar refractivity (Wildman–Crippen MR) is 81.9 cm³/mol. The highest BCUT2D eigenvalue weighted by Gasteiger charge is 2.14. The first kappa shape index (κ1) is 13.6. The average Bonchev–Trinajstić information content (AvgIpc) is 2.87. The number of nitrogens with zero attached hydrogens (tertiary/aromatic N) is 3. The van der Waals surface area contributed by atoms with Crippen LogP contribution < -0.4 is 5.56 Å². The lowest BCUT2D eigenvalue weighted by Crippen LogP contribution is -2.12. The first-order valence-electron chi connectivity index (χ1n) is 6.14. The summed E-state index contributed by atoms with van der Waals surface area (Å²) in [5, 5.41) is 14.2. The minimum absolute atomic E-state index is 0.141. The maximum absolute atomic E-state index is 12.2. The van der Waals surface area contributed by atoms with E-state index in [1.54, 1.807) is 48.3 Å². The molecule has 0 aliphatic heterocycles. The van der Waals surface area contributed by atoms with Crippen molar-refractivity contribution in [1.82, 2.24) is 19.7 Å². The molecular weight excluding hydrogens is 336 g/mol. The summed E-state index contributed by atoms with van der Waals surface area (Å²) in [4.78, 5) is 18.9. The number of hydrogen-bond donors (Lipinski definition) is 2. The molecule has 0 spiro atoms. The van der Waals surface area contributed by atoms with Gasteiger partial charge in [0.2, 0.25) is 5.88 Å². The topological polar surface area (TPSA) is 83.8 Å². The van der Waals surface area contributed by atoms with Crippen molar-refractivity contribution in [2.24, 2.45) is 7.05 Å². The molecule has 0 amide bonds. The summed E-state index contributed by atoms with van der Waals surface area (Å²) in [5.74, 6) is -0.0827. The zero-order chi connectivity index (χ0) is 15.0. The van der Waals surface area contributed by atoms with Crippen LogP contribution in [-0.4, -0.2) is 24.9 Å². The first-order valence-corrected chi connectivity index (χ1v) is 6.93. The van der Waals surface area contributed by atoms with Crippen molar-refractivity contribution >= 4 is 15.9 Å². The highest BCUT2D eigenvalue weighted by molar-refractivity contribution is 9.10. The molecule has 0 aliphatic carbocycles. The van der Waals surface area contributed by atoms with E-state index in [1.165, 1.54) is 0 Å².